The third-order valence-corrected chi connectivity index (χ3v) is 6.55. The Kier molecular flexibility index (Phi) is 5.73. The minimum absolute atomic E-state index is 0.119. The van der Waals surface area contributed by atoms with E-state index in [4.69, 9.17) is 0 Å². The van der Waals surface area contributed by atoms with Crippen LogP contribution in [0.4, 0.5) is 0 Å². The van der Waals surface area contributed by atoms with Gasteiger partial charge in [0.15, 0.2) is 11.0 Å². The van der Waals surface area contributed by atoms with E-state index in [-0.39, 0.29) is 5.91 Å². The molecule has 0 saturated carbocycles. The van der Waals surface area contributed by atoms with E-state index in [1.807, 2.05) is 39.8 Å². The highest BCUT2D eigenvalue weighted by molar-refractivity contribution is 7.99. The molecule has 5 rings (SSSR count). The largest absolute Gasteiger partial charge is 0.337 e. The highest BCUT2D eigenvalue weighted by Gasteiger charge is 2.22. The van der Waals surface area contributed by atoms with Crippen molar-refractivity contribution in [2.45, 2.75) is 25.0 Å². The van der Waals surface area contributed by atoms with Crippen molar-refractivity contribution in [3.05, 3.63) is 89.7 Å². The smallest absolute Gasteiger partial charge is 0.233 e. The fourth-order valence-electron chi connectivity index (χ4n) is 3.98. The molecule has 0 bridgehead atoms. The highest BCUT2D eigenvalue weighted by Crippen LogP contribution is 2.29. The van der Waals surface area contributed by atoms with E-state index in [0.29, 0.717) is 17.5 Å². The normalized spacial score (nSPS) is 13.1. The van der Waals surface area contributed by atoms with E-state index in [1.165, 1.54) is 22.9 Å². The van der Waals surface area contributed by atoms with Crippen LogP contribution in [0.3, 0.4) is 0 Å². The molecule has 6 nitrogen and oxygen atoms in total. The summed E-state index contributed by atoms with van der Waals surface area (Å²) in [7, 11) is 0. The molecule has 4 aromatic rings. The number of carbonyl (C=O) groups is 1. The van der Waals surface area contributed by atoms with E-state index in [9.17, 15) is 4.79 Å². The lowest BCUT2D eigenvalue weighted by Crippen LogP contribution is -2.37. The first-order valence-electron chi connectivity index (χ1n) is 10.6. The Morgan fingerprint density at radius 1 is 1.00 bits per heavy atom. The molecule has 160 valence electrons. The van der Waals surface area contributed by atoms with E-state index in [1.54, 1.807) is 12.4 Å². The summed E-state index contributed by atoms with van der Waals surface area (Å²) in [6.45, 7) is 3.48. The topological polar surface area (TPSA) is 63.9 Å². The summed E-state index contributed by atoms with van der Waals surface area (Å²) in [5.74, 6) is 1.18. The number of hydrogen-bond donors (Lipinski definition) is 0. The fourth-order valence-corrected chi connectivity index (χ4v) is 4.83. The van der Waals surface area contributed by atoms with Crippen LogP contribution in [0.5, 0.6) is 0 Å². The summed E-state index contributed by atoms with van der Waals surface area (Å²) in [5.41, 5.74) is 5.63. The standard InChI is InChI=1S/C25H23N5OS/c1-18-5-4-8-22(15-18)30-24(20-9-12-26-13-10-20)27-28-25(30)32-17-23(31)29-14-11-19-6-2-3-7-21(19)16-29/h2-10,12-13,15H,11,14,16-17H2,1H3. The minimum Gasteiger partial charge on any atom is -0.337 e. The third-order valence-electron chi connectivity index (χ3n) is 5.64. The molecule has 0 aliphatic carbocycles. The summed E-state index contributed by atoms with van der Waals surface area (Å²) < 4.78 is 2.02. The maximum Gasteiger partial charge on any atom is 0.233 e. The summed E-state index contributed by atoms with van der Waals surface area (Å²) in [6, 6.07) is 20.4. The molecule has 0 fully saturated rings. The number of carbonyl (C=O) groups excluding carboxylic acids is 1. The molecular formula is C25H23N5OS. The zero-order valence-electron chi connectivity index (χ0n) is 17.8. The van der Waals surface area contributed by atoms with Gasteiger partial charge in [-0.2, -0.15) is 0 Å². The SMILES string of the molecule is Cc1cccc(-n2c(SCC(=O)N3CCc4ccccc4C3)nnc2-c2ccncc2)c1. The molecule has 1 aliphatic heterocycles. The van der Waals surface area contributed by atoms with Crippen molar-refractivity contribution in [2.75, 3.05) is 12.3 Å². The van der Waals surface area contributed by atoms with Crippen molar-refractivity contribution in [1.82, 2.24) is 24.6 Å². The number of fused-ring (bicyclic) bond motifs is 1. The van der Waals surface area contributed by atoms with Crippen molar-refractivity contribution in [2.24, 2.45) is 0 Å². The predicted molar refractivity (Wildman–Crippen MR) is 126 cm³/mol. The first-order chi connectivity index (χ1) is 15.7. The van der Waals surface area contributed by atoms with Crippen LogP contribution < -0.4 is 0 Å². The molecule has 0 saturated heterocycles. The van der Waals surface area contributed by atoms with Crippen LogP contribution in [0.15, 0.2) is 78.2 Å². The zero-order chi connectivity index (χ0) is 21.9. The van der Waals surface area contributed by atoms with E-state index < -0.39 is 0 Å². The van der Waals surface area contributed by atoms with Crippen LogP contribution in [-0.2, 0) is 17.8 Å². The van der Waals surface area contributed by atoms with Gasteiger partial charge in [-0.05, 0) is 54.3 Å². The number of amides is 1. The van der Waals surface area contributed by atoms with Gasteiger partial charge in [-0.25, -0.2) is 0 Å². The molecule has 1 aliphatic rings. The minimum atomic E-state index is 0.119. The number of pyridine rings is 1. The van der Waals surface area contributed by atoms with Crippen molar-refractivity contribution in [3.63, 3.8) is 0 Å². The number of rotatable bonds is 5. The Balaban J connectivity index is 1.39. The Morgan fingerprint density at radius 2 is 1.81 bits per heavy atom. The lowest BCUT2D eigenvalue weighted by atomic mass is 10.00. The summed E-state index contributed by atoms with van der Waals surface area (Å²) in [4.78, 5) is 19.0. The average Bonchev–Trinajstić information content (AvgIpc) is 3.27. The van der Waals surface area contributed by atoms with Gasteiger partial charge in [0.25, 0.3) is 0 Å². The van der Waals surface area contributed by atoms with Crippen LogP contribution >= 0.6 is 11.8 Å². The summed E-state index contributed by atoms with van der Waals surface area (Å²) in [6.07, 6.45) is 4.39. The van der Waals surface area contributed by atoms with Gasteiger partial charge in [0.2, 0.25) is 5.91 Å². The lowest BCUT2D eigenvalue weighted by Gasteiger charge is -2.28. The number of thioether (sulfide) groups is 1. The Labute approximate surface area is 191 Å². The van der Waals surface area contributed by atoms with Crippen LogP contribution in [-0.4, -0.2) is 42.9 Å². The quantitative estimate of drug-likeness (QED) is 0.432. The molecule has 1 amide bonds. The van der Waals surface area contributed by atoms with E-state index in [0.717, 1.165) is 35.6 Å². The Hall–Kier alpha value is -3.45. The van der Waals surface area contributed by atoms with Crippen LogP contribution in [0.2, 0.25) is 0 Å². The number of benzene rings is 2. The highest BCUT2D eigenvalue weighted by atomic mass is 32.2. The molecule has 0 N–H and O–H groups in total. The van der Waals surface area contributed by atoms with Crippen LogP contribution in [0.1, 0.15) is 16.7 Å². The molecule has 0 atom stereocenters. The second kappa shape index (κ2) is 8.96. The molecule has 0 spiro atoms. The molecule has 2 aromatic carbocycles. The van der Waals surface area contributed by atoms with Gasteiger partial charge in [-0.1, -0.05) is 48.2 Å². The van der Waals surface area contributed by atoms with E-state index in [2.05, 4.69) is 52.4 Å². The molecule has 3 heterocycles. The molecule has 32 heavy (non-hydrogen) atoms. The summed E-state index contributed by atoms with van der Waals surface area (Å²) >= 11 is 1.43. The third kappa shape index (κ3) is 4.16. The van der Waals surface area contributed by atoms with Crippen molar-refractivity contribution in [1.29, 1.82) is 0 Å². The van der Waals surface area contributed by atoms with Gasteiger partial charge >= 0.3 is 0 Å². The van der Waals surface area contributed by atoms with Crippen LogP contribution in [0.25, 0.3) is 17.1 Å². The second-order valence-corrected chi connectivity index (χ2v) is 8.78. The first kappa shape index (κ1) is 20.5. The van der Waals surface area contributed by atoms with Crippen LogP contribution in [0, 0.1) is 6.92 Å². The van der Waals surface area contributed by atoms with Gasteiger partial charge in [-0.15, -0.1) is 10.2 Å². The van der Waals surface area contributed by atoms with E-state index >= 15 is 0 Å². The van der Waals surface area contributed by atoms with Gasteiger partial charge in [0.1, 0.15) is 0 Å². The Morgan fingerprint density at radius 3 is 2.62 bits per heavy atom. The van der Waals surface area contributed by atoms with Crippen molar-refractivity contribution < 1.29 is 4.79 Å². The number of nitrogens with zero attached hydrogens (tertiary/aromatic N) is 5. The average molecular weight is 442 g/mol. The number of aryl methyl sites for hydroxylation is 1. The monoisotopic (exact) mass is 441 g/mol. The van der Waals surface area contributed by atoms with Gasteiger partial charge < -0.3 is 4.90 Å². The van der Waals surface area contributed by atoms with Gasteiger partial charge in [0, 0.05) is 36.7 Å². The number of aromatic nitrogens is 4. The second-order valence-electron chi connectivity index (χ2n) is 7.84. The maximum absolute atomic E-state index is 13.0. The maximum atomic E-state index is 13.0. The lowest BCUT2D eigenvalue weighted by molar-refractivity contribution is -0.129. The molecular weight excluding hydrogens is 418 g/mol. The van der Waals surface area contributed by atoms with Gasteiger partial charge in [-0.3, -0.25) is 14.3 Å². The molecule has 2 aromatic heterocycles. The molecule has 0 radical (unpaired) electrons. The molecule has 7 heteroatoms. The Bertz CT molecular complexity index is 1250. The number of hydrogen-bond acceptors (Lipinski definition) is 5. The molecule has 0 unspecified atom stereocenters. The zero-order valence-corrected chi connectivity index (χ0v) is 18.6. The summed E-state index contributed by atoms with van der Waals surface area (Å²) in [5, 5.41) is 9.59. The fraction of sp³-hybridized carbons (Fsp3) is 0.200. The first-order valence-corrected chi connectivity index (χ1v) is 11.6. The van der Waals surface area contributed by atoms with Gasteiger partial charge in [0.05, 0.1) is 5.75 Å². The van der Waals surface area contributed by atoms with Crippen molar-refractivity contribution >= 4 is 17.7 Å². The predicted octanol–water partition coefficient (Wildman–Crippen LogP) is 4.31. The van der Waals surface area contributed by atoms with Crippen molar-refractivity contribution in [3.8, 4) is 17.1 Å².